The van der Waals surface area contributed by atoms with Gasteiger partial charge in [-0.15, -0.1) is 46.2 Å². The van der Waals surface area contributed by atoms with Gasteiger partial charge in [-0.1, -0.05) is 70.1 Å². The third kappa shape index (κ3) is 8.91. The Morgan fingerprint density at radius 3 is 1.82 bits per heavy atom. The van der Waals surface area contributed by atoms with Crippen LogP contribution in [-0.2, 0) is 24.9 Å². The quantitative estimate of drug-likeness (QED) is 0.105. The average molecular weight is 754 g/mol. The molecule has 0 fully saturated rings. The van der Waals surface area contributed by atoms with Gasteiger partial charge in [-0.2, -0.15) is 0 Å². The van der Waals surface area contributed by atoms with Gasteiger partial charge in [0.25, 0.3) is 0 Å². The van der Waals surface area contributed by atoms with Crippen molar-refractivity contribution in [2.75, 3.05) is 0 Å². The first-order valence-electron chi connectivity index (χ1n) is 13.9. The van der Waals surface area contributed by atoms with Crippen molar-refractivity contribution in [1.82, 2.24) is 9.97 Å². The molecule has 1 N–H and O–H groups in total. The van der Waals surface area contributed by atoms with E-state index in [2.05, 4.69) is 64.1 Å². The molecule has 2 aromatic heterocycles. The Morgan fingerprint density at radius 1 is 0.800 bits per heavy atom. The number of aliphatic hydroxyl groups excluding tert-OH is 1. The number of hydrogen-bond donors (Lipinski definition) is 1. The van der Waals surface area contributed by atoms with Gasteiger partial charge < -0.3 is 5.11 Å². The molecule has 4 rings (SSSR count). The van der Waals surface area contributed by atoms with Crippen LogP contribution in [0.25, 0.3) is 30.8 Å². The van der Waals surface area contributed by atoms with E-state index >= 15 is 0 Å². The average Bonchev–Trinajstić information content (AvgIpc) is 3.45. The minimum absolute atomic E-state index is 0. The Kier molecular flexibility index (Phi) is 13.4. The zero-order valence-electron chi connectivity index (χ0n) is 24.8. The summed E-state index contributed by atoms with van der Waals surface area (Å²) in [6, 6.07) is 14.2. The molecular weight excluding hydrogens is 713 g/mol. The molecular formula is C33H41IrN2O2S2-. The summed E-state index contributed by atoms with van der Waals surface area (Å²) in [5, 5.41) is 11.8. The monoisotopic (exact) mass is 754 g/mol. The number of hydrogen-bond acceptors (Lipinski definition) is 6. The number of carbonyl (C=O) groups excluding carboxylic acids is 1. The van der Waals surface area contributed by atoms with E-state index in [1.165, 1.54) is 28.3 Å². The topological polar surface area (TPSA) is 63.1 Å². The fourth-order valence-electron chi connectivity index (χ4n) is 4.77. The van der Waals surface area contributed by atoms with Crippen LogP contribution >= 0.6 is 22.7 Å². The van der Waals surface area contributed by atoms with Gasteiger partial charge in [-0.25, -0.2) is 4.98 Å². The Morgan fingerprint density at radius 2 is 1.30 bits per heavy atom. The Balaban J connectivity index is 0.000000307. The third-order valence-corrected chi connectivity index (χ3v) is 9.01. The second-order valence-corrected chi connectivity index (χ2v) is 12.2. The molecule has 0 unspecified atom stereocenters. The standard InChI is InChI=1S/C20H17N2S2.C13H24O2.Ir/c1-11-5-12(2)8-15(7-11)17-21-19-20(23-17)22-18(24-19)16-9-13(3)6-14(4)10-16;1-5-10(6-2)12(14)9-13(15)11(7-3)8-4;/h5-9H,1-4H3;9-11,14H,5-8H2,1-4H3;/q-1;;/b;12-9-;. The molecule has 0 aliphatic rings. The SMILES string of the molecule is CCC(CC)C(=O)/C=C(\O)C(CC)CC.Cc1[c-]c(-c2nc3sc(-c4cc(C)cc(C)c4)nc3s2)cc(C)c1.[Ir]. The van der Waals surface area contributed by atoms with Gasteiger partial charge in [0, 0.05) is 48.6 Å². The summed E-state index contributed by atoms with van der Waals surface area (Å²) < 4.78 is 0. The van der Waals surface area contributed by atoms with Gasteiger partial charge in [0.05, 0.1) is 5.76 Å². The van der Waals surface area contributed by atoms with Crippen molar-refractivity contribution in [3.8, 4) is 21.1 Å². The van der Waals surface area contributed by atoms with Gasteiger partial charge in [0.2, 0.25) is 0 Å². The van der Waals surface area contributed by atoms with Crippen molar-refractivity contribution in [3.05, 3.63) is 70.5 Å². The predicted octanol–water partition coefficient (Wildman–Crippen LogP) is 9.99. The Bertz CT molecular complexity index is 1290. The first-order valence-corrected chi connectivity index (χ1v) is 15.5. The Hall–Kier alpha value is -2.18. The summed E-state index contributed by atoms with van der Waals surface area (Å²) in [5.74, 6) is 0.547. The number of ketones is 1. The van der Waals surface area contributed by atoms with Crippen LogP contribution < -0.4 is 0 Å². The van der Waals surface area contributed by atoms with E-state index in [0.717, 1.165) is 56.5 Å². The van der Waals surface area contributed by atoms with E-state index in [1.807, 2.05) is 27.7 Å². The molecule has 7 heteroatoms. The number of aromatic nitrogens is 2. The molecule has 0 bridgehead atoms. The molecule has 0 aliphatic carbocycles. The normalized spacial score (nSPS) is 11.5. The number of carbonyl (C=O) groups is 1. The first kappa shape index (κ1) is 34.0. The van der Waals surface area contributed by atoms with Crippen LogP contribution in [0.5, 0.6) is 0 Å². The van der Waals surface area contributed by atoms with Crippen LogP contribution in [0, 0.1) is 45.6 Å². The molecule has 0 saturated heterocycles. The minimum Gasteiger partial charge on any atom is -0.512 e. The van der Waals surface area contributed by atoms with E-state index in [4.69, 9.17) is 9.97 Å². The molecule has 0 saturated carbocycles. The van der Waals surface area contributed by atoms with Crippen LogP contribution in [0.15, 0.2) is 42.2 Å². The molecule has 4 nitrogen and oxygen atoms in total. The molecule has 0 atom stereocenters. The molecule has 40 heavy (non-hydrogen) atoms. The molecule has 2 aromatic carbocycles. The van der Waals surface area contributed by atoms with Gasteiger partial charge in [0.1, 0.15) is 14.7 Å². The van der Waals surface area contributed by atoms with Crippen molar-refractivity contribution >= 4 is 38.1 Å². The number of fused-ring (bicyclic) bond motifs is 1. The van der Waals surface area contributed by atoms with E-state index in [-0.39, 0.29) is 43.5 Å². The van der Waals surface area contributed by atoms with Crippen molar-refractivity contribution in [3.63, 3.8) is 0 Å². The Labute approximate surface area is 261 Å². The minimum atomic E-state index is 0. The first-order chi connectivity index (χ1) is 18.6. The van der Waals surface area contributed by atoms with Crippen LogP contribution in [0.1, 0.15) is 75.6 Å². The molecule has 217 valence electrons. The van der Waals surface area contributed by atoms with E-state index in [0.29, 0.717) is 0 Å². The fraction of sp³-hybridized carbons (Fsp3) is 0.424. The number of aliphatic hydroxyl groups is 1. The molecule has 0 spiro atoms. The van der Waals surface area contributed by atoms with Crippen molar-refractivity contribution in [2.24, 2.45) is 11.8 Å². The maximum atomic E-state index is 11.7. The van der Waals surface area contributed by atoms with Crippen molar-refractivity contribution < 1.29 is 30.0 Å². The van der Waals surface area contributed by atoms with E-state index in [9.17, 15) is 9.90 Å². The number of aryl methyl sites for hydroxylation is 4. The van der Waals surface area contributed by atoms with Gasteiger partial charge in [-0.3, -0.25) is 9.78 Å². The summed E-state index contributed by atoms with van der Waals surface area (Å²) in [5.41, 5.74) is 7.16. The maximum Gasteiger partial charge on any atom is 0.162 e. The molecule has 2 heterocycles. The summed E-state index contributed by atoms with van der Waals surface area (Å²) in [4.78, 5) is 23.4. The van der Waals surface area contributed by atoms with Crippen LogP contribution in [0.3, 0.4) is 0 Å². The molecule has 1 radical (unpaired) electrons. The van der Waals surface area contributed by atoms with Crippen molar-refractivity contribution in [2.45, 2.75) is 81.1 Å². The number of benzene rings is 2. The zero-order valence-corrected chi connectivity index (χ0v) is 28.9. The van der Waals surface area contributed by atoms with Gasteiger partial charge >= 0.3 is 0 Å². The largest absolute Gasteiger partial charge is 0.512 e. The van der Waals surface area contributed by atoms with Crippen LogP contribution in [0.2, 0.25) is 0 Å². The van der Waals surface area contributed by atoms with Crippen LogP contribution in [0.4, 0.5) is 0 Å². The summed E-state index contributed by atoms with van der Waals surface area (Å²) in [6.45, 7) is 16.5. The van der Waals surface area contributed by atoms with Crippen LogP contribution in [-0.4, -0.2) is 20.9 Å². The number of rotatable bonds is 9. The zero-order chi connectivity index (χ0) is 28.7. The molecule has 0 aliphatic heterocycles. The molecule has 4 aromatic rings. The predicted molar refractivity (Wildman–Crippen MR) is 168 cm³/mol. The third-order valence-electron chi connectivity index (χ3n) is 6.90. The van der Waals surface area contributed by atoms with Crippen molar-refractivity contribution in [1.29, 1.82) is 0 Å². The summed E-state index contributed by atoms with van der Waals surface area (Å²) >= 11 is 3.31. The van der Waals surface area contributed by atoms with E-state index < -0.39 is 0 Å². The van der Waals surface area contributed by atoms with E-state index in [1.54, 1.807) is 22.7 Å². The second kappa shape index (κ2) is 15.7. The van der Waals surface area contributed by atoms with Gasteiger partial charge in [0.15, 0.2) is 5.78 Å². The number of nitrogens with zero attached hydrogens (tertiary/aromatic N) is 2. The van der Waals surface area contributed by atoms with Gasteiger partial charge in [-0.05, 0) is 51.7 Å². The summed E-state index contributed by atoms with van der Waals surface area (Å²) in [7, 11) is 0. The number of allylic oxidation sites excluding steroid dienone is 2. The second-order valence-electron chi connectivity index (χ2n) is 10.3. The summed E-state index contributed by atoms with van der Waals surface area (Å²) in [6.07, 6.45) is 4.91. The number of thiazole rings is 2. The molecule has 0 amide bonds. The smallest absolute Gasteiger partial charge is 0.162 e. The fourth-order valence-corrected chi connectivity index (χ4v) is 6.77. The maximum absolute atomic E-state index is 11.7.